The SMILES string of the molecule is Cc1nsc(Nc2cncc(C(=O)NC3CNC3)n2)c1C(=O)Nc1ccc(F)c(F)c1. The minimum Gasteiger partial charge on any atom is -0.345 e. The van der Waals surface area contributed by atoms with Crippen LogP contribution in [0.1, 0.15) is 26.5 Å². The third-order valence-electron chi connectivity index (χ3n) is 4.49. The molecule has 1 aromatic carbocycles. The zero-order valence-electron chi connectivity index (χ0n) is 16.2. The number of benzene rings is 1. The highest BCUT2D eigenvalue weighted by atomic mass is 32.1. The summed E-state index contributed by atoms with van der Waals surface area (Å²) in [6.45, 7) is 3.05. The first kappa shape index (κ1) is 20.8. The Bertz CT molecular complexity index is 1150. The lowest BCUT2D eigenvalue weighted by Crippen LogP contribution is -2.57. The van der Waals surface area contributed by atoms with E-state index in [1.165, 1.54) is 18.5 Å². The van der Waals surface area contributed by atoms with Gasteiger partial charge in [0.15, 0.2) is 11.6 Å². The summed E-state index contributed by atoms with van der Waals surface area (Å²) in [6.07, 6.45) is 2.76. The molecule has 0 spiro atoms. The van der Waals surface area contributed by atoms with Crippen LogP contribution in [0.3, 0.4) is 0 Å². The molecule has 1 aliphatic heterocycles. The molecule has 4 N–H and O–H groups in total. The van der Waals surface area contributed by atoms with E-state index in [1.54, 1.807) is 6.92 Å². The van der Waals surface area contributed by atoms with Crippen LogP contribution in [0.4, 0.5) is 25.3 Å². The molecule has 160 valence electrons. The van der Waals surface area contributed by atoms with Crippen molar-refractivity contribution in [2.45, 2.75) is 13.0 Å². The molecule has 0 atom stereocenters. The number of halogens is 2. The standard InChI is InChI=1S/C19H17F2N7O2S/c1-9-16(18(30)24-10-2-3-12(20)13(21)4-10)19(31-28-9)27-15-8-23-7-14(26-15)17(29)25-11-5-22-6-11/h2-4,7-8,11,22H,5-6H2,1H3,(H,24,30)(H,25,29)(H,26,27). The summed E-state index contributed by atoms with van der Waals surface area (Å²) in [5, 5.41) is 11.7. The molecule has 0 bridgehead atoms. The van der Waals surface area contributed by atoms with Crippen molar-refractivity contribution in [2.24, 2.45) is 0 Å². The van der Waals surface area contributed by atoms with E-state index in [-0.39, 0.29) is 34.7 Å². The number of nitrogens with zero attached hydrogens (tertiary/aromatic N) is 3. The van der Waals surface area contributed by atoms with E-state index < -0.39 is 17.5 Å². The van der Waals surface area contributed by atoms with Crippen molar-refractivity contribution in [3.63, 3.8) is 0 Å². The van der Waals surface area contributed by atoms with Crippen molar-refractivity contribution in [1.29, 1.82) is 0 Å². The van der Waals surface area contributed by atoms with E-state index in [9.17, 15) is 18.4 Å². The van der Waals surface area contributed by atoms with Crippen molar-refractivity contribution < 1.29 is 18.4 Å². The monoisotopic (exact) mass is 445 g/mol. The summed E-state index contributed by atoms with van der Waals surface area (Å²) in [7, 11) is 0. The fourth-order valence-electron chi connectivity index (χ4n) is 2.79. The first-order valence-electron chi connectivity index (χ1n) is 9.24. The Labute approximate surface area is 179 Å². The van der Waals surface area contributed by atoms with Crippen LogP contribution in [0.2, 0.25) is 0 Å². The predicted octanol–water partition coefficient (Wildman–Crippen LogP) is 2.22. The highest BCUT2D eigenvalue weighted by molar-refractivity contribution is 7.10. The number of aromatic nitrogens is 3. The molecule has 31 heavy (non-hydrogen) atoms. The van der Waals surface area contributed by atoms with Gasteiger partial charge in [-0.2, -0.15) is 4.37 Å². The zero-order valence-corrected chi connectivity index (χ0v) is 17.0. The average molecular weight is 445 g/mol. The maximum absolute atomic E-state index is 13.4. The Kier molecular flexibility index (Phi) is 5.82. The highest BCUT2D eigenvalue weighted by Gasteiger charge is 2.22. The molecule has 0 radical (unpaired) electrons. The van der Waals surface area contributed by atoms with Gasteiger partial charge in [-0.1, -0.05) is 0 Å². The second kappa shape index (κ2) is 8.70. The zero-order chi connectivity index (χ0) is 22.0. The van der Waals surface area contributed by atoms with Crippen LogP contribution in [0.25, 0.3) is 0 Å². The van der Waals surface area contributed by atoms with E-state index in [2.05, 4.69) is 35.6 Å². The normalized spacial score (nSPS) is 13.4. The molecule has 1 saturated heterocycles. The van der Waals surface area contributed by atoms with Crippen LogP contribution in [0.5, 0.6) is 0 Å². The molecule has 1 aliphatic rings. The first-order valence-corrected chi connectivity index (χ1v) is 10.0. The molecule has 2 amide bonds. The summed E-state index contributed by atoms with van der Waals surface area (Å²) < 4.78 is 30.7. The molecule has 4 rings (SSSR count). The molecule has 3 aromatic rings. The van der Waals surface area contributed by atoms with E-state index in [0.29, 0.717) is 23.8 Å². The molecule has 9 nitrogen and oxygen atoms in total. The summed E-state index contributed by atoms with van der Waals surface area (Å²) in [5.41, 5.74) is 0.883. The number of anilines is 3. The van der Waals surface area contributed by atoms with Crippen LogP contribution in [-0.2, 0) is 0 Å². The van der Waals surface area contributed by atoms with Gasteiger partial charge in [-0.15, -0.1) is 0 Å². The summed E-state index contributed by atoms with van der Waals surface area (Å²) in [5.74, 6) is -2.73. The molecule has 12 heteroatoms. The molecule has 0 saturated carbocycles. The van der Waals surface area contributed by atoms with Crippen LogP contribution in [0.15, 0.2) is 30.6 Å². The first-order chi connectivity index (χ1) is 14.9. The number of carbonyl (C=O) groups is 2. The maximum atomic E-state index is 13.4. The van der Waals surface area contributed by atoms with Gasteiger partial charge in [-0.3, -0.25) is 14.6 Å². The molecular formula is C19H17F2N7O2S. The predicted molar refractivity (Wildman–Crippen MR) is 111 cm³/mol. The van der Waals surface area contributed by atoms with Crippen LogP contribution in [0, 0.1) is 18.6 Å². The minimum absolute atomic E-state index is 0.0571. The quantitative estimate of drug-likeness (QED) is 0.459. The number of hydrogen-bond acceptors (Lipinski definition) is 8. The number of nitrogens with one attached hydrogen (secondary N) is 4. The lowest BCUT2D eigenvalue weighted by Gasteiger charge is -2.27. The van der Waals surface area contributed by atoms with Gasteiger partial charge in [-0.25, -0.2) is 13.8 Å². The second-order valence-electron chi connectivity index (χ2n) is 6.80. The average Bonchev–Trinajstić information content (AvgIpc) is 3.07. The van der Waals surface area contributed by atoms with Gasteiger partial charge in [0.2, 0.25) is 0 Å². The van der Waals surface area contributed by atoms with Crippen molar-refractivity contribution >= 4 is 39.9 Å². The van der Waals surface area contributed by atoms with E-state index >= 15 is 0 Å². The number of amides is 2. The van der Waals surface area contributed by atoms with Crippen molar-refractivity contribution in [1.82, 2.24) is 25.0 Å². The van der Waals surface area contributed by atoms with Gasteiger partial charge in [-0.05, 0) is 30.6 Å². The van der Waals surface area contributed by atoms with Crippen LogP contribution >= 0.6 is 11.5 Å². The van der Waals surface area contributed by atoms with Gasteiger partial charge in [0.1, 0.15) is 16.5 Å². The summed E-state index contributed by atoms with van der Waals surface area (Å²) >= 11 is 1.02. The Hall–Kier alpha value is -3.51. The van der Waals surface area contributed by atoms with E-state index in [1.807, 2.05) is 0 Å². The van der Waals surface area contributed by atoms with E-state index in [4.69, 9.17) is 0 Å². The molecule has 3 heterocycles. The lowest BCUT2D eigenvalue weighted by molar-refractivity contribution is 0.0918. The Morgan fingerprint density at radius 3 is 2.68 bits per heavy atom. The number of carbonyl (C=O) groups excluding carboxylic acids is 2. The van der Waals surface area contributed by atoms with E-state index in [0.717, 1.165) is 23.7 Å². The Morgan fingerprint density at radius 1 is 1.16 bits per heavy atom. The van der Waals surface area contributed by atoms with Crippen LogP contribution in [-0.4, -0.2) is 45.3 Å². The molecule has 2 aromatic heterocycles. The summed E-state index contributed by atoms with van der Waals surface area (Å²) in [6, 6.07) is 3.13. The van der Waals surface area contributed by atoms with Crippen LogP contribution < -0.4 is 21.3 Å². The van der Waals surface area contributed by atoms with Crippen molar-refractivity contribution in [3.05, 3.63) is 59.2 Å². The number of rotatable bonds is 6. The number of hydrogen-bond donors (Lipinski definition) is 4. The van der Waals surface area contributed by atoms with Gasteiger partial charge in [0, 0.05) is 24.8 Å². The van der Waals surface area contributed by atoms with Gasteiger partial charge in [0.05, 0.1) is 29.7 Å². The maximum Gasteiger partial charge on any atom is 0.271 e. The minimum atomic E-state index is -1.07. The second-order valence-corrected chi connectivity index (χ2v) is 7.57. The molecular weight excluding hydrogens is 428 g/mol. The molecule has 0 unspecified atom stereocenters. The van der Waals surface area contributed by atoms with Gasteiger partial charge >= 0.3 is 0 Å². The molecule has 0 aliphatic carbocycles. The Morgan fingerprint density at radius 2 is 1.97 bits per heavy atom. The third kappa shape index (κ3) is 4.64. The topological polar surface area (TPSA) is 121 Å². The summed E-state index contributed by atoms with van der Waals surface area (Å²) in [4.78, 5) is 33.3. The lowest BCUT2D eigenvalue weighted by atomic mass is 10.2. The fourth-order valence-corrected chi connectivity index (χ4v) is 3.59. The Balaban J connectivity index is 1.51. The third-order valence-corrected chi connectivity index (χ3v) is 5.35. The fraction of sp³-hybridized carbons (Fsp3) is 0.211. The van der Waals surface area contributed by atoms with Crippen molar-refractivity contribution in [2.75, 3.05) is 23.7 Å². The number of aryl methyl sites for hydroxylation is 1. The largest absolute Gasteiger partial charge is 0.345 e. The van der Waals surface area contributed by atoms with Gasteiger partial charge < -0.3 is 21.3 Å². The van der Waals surface area contributed by atoms with Gasteiger partial charge in [0.25, 0.3) is 11.8 Å². The van der Waals surface area contributed by atoms with Crippen molar-refractivity contribution in [3.8, 4) is 0 Å². The highest BCUT2D eigenvalue weighted by Crippen LogP contribution is 2.28. The smallest absolute Gasteiger partial charge is 0.271 e. The molecule has 1 fully saturated rings.